The van der Waals surface area contributed by atoms with Crippen LogP contribution in [0, 0.1) is 0 Å². The number of ether oxygens (including phenoxy) is 2. The Morgan fingerprint density at radius 2 is 1.96 bits per heavy atom. The van der Waals surface area contributed by atoms with Crippen LogP contribution in [0.4, 0.5) is 11.5 Å². The average molecular weight is 349 g/mol. The summed E-state index contributed by atoms with van der Waals surface area (Å²) < 4.78 is 10.5. The number of carbonyl (C=O) groups is 1. The molecule has 2 aromatic heterocycles. The summed E-state index contributed by atoms with van der Waals surface area (Å²) in [5.74, 6) is 1.47. The molecule has 8 heteroatoms. The van der Waals surface area contributed by atoms with Gasteiger partial charge in [0, 0.05) is 18.0 Å². The van der Waals surface area contributed by atoms with E-state index in [1.165, 1.54) is 0 Å². The van der Waals surface area contributed by atoms with E-state index in [0.717, 1.165) is 5.69 Å². The molecule has 3 heterocycles. The van der Waals surface area contributed by atoms with Gasteiger partial charge in [0.1, 0.15) is 5.82 Å². The highest BCUT2D eigenvalue weighted by Gasteiger charge is 2.15. The van der Waals surface area contributed by atoms with Gasteiger partial charge in [-0.2, -0.15) is 0 Å². The summed E-state index contributed by atoms with van der Waals surface area (Å²) in [6, 6.07) is 14.2. The maximum atomic E-state index is 12.3. The average Bonchev–Trinajstić information content (AvgIpc) is 3.15. The second-order valence-electron chi connectivity index (χ2n) is 5.50. The number of benzene rings is 1. The van der Waals surface area contributed by atoms with Crippen LogP contribution in [0.15, 0.2) is 54.7 Å². The molecule has 26 heavy (non-hydrogen) atoms. The summed E-state index contributed by atoms with van der Waals surface area (Å²) in [4.78, 5) is 16.5. The van der Waals surface area contributed by atoms with Gasteiger partial charge in [0.25, 0.3) is 5.91 Å². The van der Waals surface area contributed by atoms with Gasteiger partial charge in [-0.3, -0.25) is 9.78 Å². The molecule has 2 N–H and O–H groups in total. The number of hydrogen-bond donors (Lipinski definition) is 2. The van der Waals surface area contributed by atoms with Crippen LogP contribution in [0.1, 0.15) is 16.2 Å². The van der Waals surface area contributed by atoms with Crippen LogP contribution in [-0.2, 0) is 6.54 Å². The van der Waals surface area contributed by atoms with Gasteiger partial charge in [-0.1, -0.05) is 6.07 Å². The highest BCUT2D eigenvalue weighted by atomic mass is 16.7. The van der Waals surface area contributed by atoms with E-state index in [0.29, 0.717) is 29.5 Å². The highest BCUT2D eigenvalue weighted by Crippen LogP contribution is 2.34. The van der Waals surface area contributed by atoms with Gasteiger partial charge in [-0.05, 0) is 36.4 Å². The number of hydrogen-bond acceptors (Lipinski definition) is 7. The van der Waals surface area contributed by atoms with Crippen LogP contribution in [0.25, 0.3) is 0 Å². The number of anilines is 2. The standard InChI is InChI=1S/C18H15N5O3/c24-18(21-12-4-6-15-16(9-12)26-11-25-15)14-5-7-17(23-22-14)20-10-13-3-1-2-8-19-13/h1-9H,10-11H2,(H,20,23)(H,21,24). The van der Waals surface area contributed by atoms with E-state index >= 15 is 0 Å². The van der Waals surface area contributed by atoms with E-state index in [1.54, 1.807) is 36.5 Å². The molecule has 0 saturated heterocycles. The molecule has 0 spiro atoms. The Morgan fingerprint density at radius 3 is 2.77 bits per heavy atom. The third kappa shape index (κ3) is 3.54. The van der Waals surface area contributed by atoms with Crippen molar-refractivity contribution in [2.75, 3.05) is 17.4 Å². The molecule has 130 valence electrons. The zero-order chi connectivity index (χ0) is 17.8. The zero-order valence-corrected chi connectivity index (χ0v) is 13.7. The predicted molar refractivity (Wildman–Crippen MR) is 94.1 cm³/mol. The Kier molecular flexibility index (Phi) is 4.29. The van der Waals surface area contributed by atoms with Crippen LogP contribution >= 0.6 is 0 Å². The number of fused-ring (bicyclic) bond motifs is 1. The van der Waals surface area contributed by atoms with E-state index in [1.807, 2.05) is 18.2 Å². The lowest BCUT2D eigenvalue weighted by atomic mass is 10.2. The Balaban J connectivity index is 1.37. The SMILES string of the molecule is O=C(Nc1ccc2c(c1)OCO2)c1ccc(NCc2ccccn2)nn1. The van der Waals surface area contributed by atoms with E-state index in [4.69, 9.17) is 9.47 Å². The lowest BCUT2D eigenvalue weighted by molar-refractivity contribution is 0.102. The zero-order valence-electron chi connectivity index (χ0n) is 13.7. The number of pyridine rings is 1. The van der Waals surface area contributed by atoms with Crippen molar-refractivity contribution in [2.45, 2.75) is 6.54 Å². The molecule has 1 aliphatic heterocycles. The van der Waals surface area contributed by atoms with Gasteiger partial charge in [0.15, 0.2) is 17.2 Å². The first-order valence-corrected chi connectivity index (χ1v) is 7.96. The second-order valence-corrected chi connectivity index (χ2v) is 5.50. The Labute approximate surface area is 149 Å². The summed E-state index contributed by atoms with van der Waals surface area (Å²) >= 11 is 0. The summed E-state index contributed by atoms with van der Waals surface area (Å²) in [7, 11) is 0. The minimum absolute atomic E-state index is 0.186. The fourth-order valence-corrected chi connectivity index (χ4v) is 2.40. The van der Waals surface area contributed by atoms with Crippen LogP contribution in [0.2, 0.25) is 0 Å². The molecule has 1 amide bonds. The van der Waals surface area contributed by atoms with Crippen molar-refractivity contribution in [3.8, 4) is 11.5 Å². The third-order valence-corrected chi connectivity index (χ3v) is 3.70. The lowest BCUT2D eigenvalue weighted by Crippen LogP contribution is -2.15. The molecule has 0 radical (unpaired) electrons. The van der Waals surface area contributed by atoms with Gasteiger partial charge in [-0.15, -0.1) is 10.2 Å². The molecule has 0 atom stereocenters. The third-order valence-electron chi connectivity index (χ3n) is 3.70. The van der Waals surface area contributed by atoms with Crippen LogP contribution in [0.5, 0.6) is 11.5 Å². The van der Waals surface area contributed by atoms with Crippen LogP contribution in [-0.4, -0.2) is 27.9 Å². The molecular formula is C18H15N5O3. The summed E-state index contributed by atoms with van der Waals surface area (Å²) in [6.07, 6.45) is 1.73. The molecule has 1 aromatic carbocycles. The van der Waals surface area contributed by atoms with Crippen molar-refractivity contribution >= 4 is 17.4 Å². The molecule has 0 saturated carbocycles. The van der Waals surface area contributed by atoms with Crippen molar-refractivity contribution in [2.24, 2.45) is 0 Å². The van der Waals surface area contributed by atoms with Gasteiger partial charge >= 0.3 is 0 Å². The Morgan fingerprint density at radius 1 is 1.04 bits per heavy atom. The summed E-state index contributed by atoms with van der Waals surface area (Å²) in [5.41, 5.74) is 1.70. The second kappa shape index (κ2) is 7.06. The van der Waals surface area contributed by atoms with Crippen LogP contribution < -0.4 is 20.1 Å². The fourth-order valence-electron chi connectivity index (χ4n) is 2.40. The van der Waals surface area contributed by atoms with E-state index in [-0.39, 0.29) is 18.4 Å². The van der Waals surface area contributed by atoms with E-state index < -0.39 is 0 Å². The maximum Gasteiger partial charge on any atom is 0.276 e. The summed E-state index contributed by atoms with van der Waals surface area (Å²) in [5, 5.41) is 13.8. The number of nitrogens with zero attached hydrogens (tertiary/aromatic N) is 3. The monoisotopic (exact) mass is 349 g/mol. The highest BCUT2D eigenvalue weighted by molar-refractivity contribution is 6.02. The van der Waals surface area contributed by atoms with Gasteiger partial charge in [-0.25, -0.2) is 0 Å². The number of aromatic nitrogens is 3. The van der Waals surface area contributed by atoms with Crippen molar-refractivity contribution in [1.82, 2.24) is 15.2 Å². The molecule has 3 aromatic rings. The van der Waals surface area contributed by atoms with Crippen molar-refractivity contribution in [3.05, 3.63) is 66.1 Å². The van der Waals surface area contributed by atoms with Crippen molar-refractivity contribution in [3.63, 3.8) is 0 Å². The Hall–Kier alpha value is -3.68. The van der Waals surface area contributed by atoms with Crippen LogP contribution in [0.3, 0.4) is 0 Å². The quantitative estimate of drug-likeness (QED) is 0.730. The first-order valence-electron chi connectivity index (χ1n) is 7.96. The summed E-state index contributed by atoms with van der Waals surface area (Å²) in [6.45, 7) is 0.712. The number of nitrogens with one attached hydrogen (secondary N) is 2. The van der Waals surface area contributed by atoms with Crippen molar-refractivity contribution in [1.29, 1.82) is 0 Å². The van der Waals surface area contributed by atoms with Gasteiger partial charge < -0.3 is 20.1 Å². The van der Waals surface area contributed by atoms with Gasteiger partial charge in [0.2, 0.25) is 6.79 Å². The minimum Gasteiger partial charge on any atom is -0.454 e. The molecule has 0 aliphatic carbocycles. The van der Waals surface area contributed by atoms with E-state index in [9.17, 15) is 4.79 Å². The molecule has 1 aliphatic rings. The maximum absolute atomic E-state index is 12.3. The van der Waals surface area contributed by atoms with Crippen molar-refractivity contribution < 1.29 is 14.3 Å². The minimum atomic E-state index is -0.354. The topological polar surface area (TPSA) is 98.3 Å². The molecule has 4 rings (SSSR count). The predicted octanol–water partition coefficient (Wildman–Crippen LogP) is 2.46. The molecule has 0 unspecified atom stereocenters. The molecule has 0 fully saturated rings. The molecule has 8 nitrogen and oxygen atoms in total. The van der Waals surface area contributed by atoms with Gasteiger partial charge in [0.05, 0.1) is 12.2 Å². The normalized spacial score (nSPS) is 11.8. The fraction of sp³-hybridized carbons (Fsp3) is 0.111. The Bertz CT molecular complexity index is 916. The smallest absolute Gasteiger partial charge is 0.276 e. The lowest BCUT2D eigenvalue weighted by Gasteiger charge is -2.07. The first kappa shape index (κ1) is 15.8. The number of amides is 1. The molecular weight excluding hydrogens is 334 g/mol. The number of rotatable bonds is 5. The number of carbonyl (C=O) groups excluding carboxylic acids is 1. The molecule has 0 bridgehead atoms. The largest absolute Gasteiger partial charge is 0.454 e. The van der Waals surface area contributed by atoms with E-state index in [2.05, 4.69) is 25.8 Å². The first-order chi connectivity index (χ1) is 12.8.